The minimum atomic E-state index is -4.06. The third kappa shape index (κ3) is 2.92. The Morgan fingerprint density at radius 2 is 2.10 bits per heavy atom. The molecular weight excluding hydrogens is 345 g/mol. The summed E-state index contributed by atoms with van der Waals surface area (Å²) in [4.78, 5) is 11.2. The number of sulfonamides is 1. The summed E-state index contributed by atoms with van der Waals surface area (Å²) in [5.74, 6) is -0.429. The summed E-state index contributed by atoms with van der Waals surface area (Å²) in [5, 5.41) is 9.28. The molecule has 1 aromatic carbocycles. The van der Waals surface area contributed by atoms with Gasteiger partial charge in [0.05, 0.1) is 10.0 Å². The van der Waals surface area contributed by atoms with E-state index in [1.165, 1.54) is 30.0 Å². The largest absolute Gasteiger partial charge is 0.480 e. The van der Waals surface area contributed by atoms with Crippen molar-refractivity contribution in [1.82, 2.24) is 4.72 Å². The number of thioether (sulfide) groups is 1. The Balaban J connectivity index is 2.41. The van der Waals surface area contributed by atoms with Crippen molar-refractivity contribution in [2.75, 3.05) is 11.5 Å². The Labute approximate surface area is 130 Å². The smallest absolute Gasteiger partial charge is 0.325 e. The lowest BCUT2D eigenvalue weighted by Gasteiger charge is -2.24. The van der Waals surface area contributed by atoms with E-state index in [0.717, 1.165) is 0 Å². The quantitative estimate of drug-likeness (QED) is 0.865. The normalized spacial score (nSPS) is 22.9. The second kappa shape index (κ2) is 5.73. The van der Waals surface area contributed by atoms with Gasteiger partial charge in [-0.2, -0.15) is 16.5 Å². The third-order valence-electron chi connectivity index (χ3n) is 2.97. The van der Waals surface area contributed by atoms with E-state index in [0.29, 0.717) is 5.75 Å². The maximum absolute atomic E-state index is 12.3. The molecule has 0 spiro atoms. The first kappa shape index (κ1) is 15.9. The van der Waals surface area contributed by atoms with Gasteiger partial charge in [-0.3, -0.25) is 4.79 Å². The Hall–Kier alpha value is -0.470. The van der Waals surface area contributed by atoms with Crippen LogP contribution in [0, 0.1) is 0 Å². The minimum absolute atomic E-state index is 0.0970. The summed E-state index contributed by atoms with van der Waals surface area (Å²) < 4.78 is 26.9. The molecule has 5 nitrogen and oxygen atoms in total. The van der Waals surface area contributed by atoms with E-state index in [4.69, 9.17) is 23.2 Å². The van der Waals surface area contributed by atoms with Crippen LogP contribution in [0.25, 0.3) is 0 Å². The lowest BCUT2D eigenvalue weighted by atomic mass is 10.0. The lowest BCUT2D eigenvalue weighted by molar-refractivity contribution is -0.142. The van der Waals surface area contributed by atoms with E-state index in [-0.39, 0.29) is 27.1 Å². The van der Waals surface area contributed by atoms with Crippen LogP contribution >= 0.6 is 35.0 Å². The predicted molar refractivity (Wildman–Crippen MR) is 79.1 cm³/mol. The first-order chi connectivity index (χ1) is 9.28. The highest BCUT2D eigenvalue weighted by molar-refractivity contribution is 7.99. The van der Waals surface area contributed by atoms with Crippen LogP contribution in [0.3, 0.4) is 0 Å². The van der Waals surface area contributed by atoms with Gasteiger partial charge in [0.25, 0.3) is 0 Å². The van der Waals surface area contributed by atoms with Crippen LogP contribution in [0.15, 0.2) is 23.1 Å². The van der Waals surface area contributed by atoms with Gasteiger partial charge in [0.15, 0.2) is 0 Å². The van der Waals surface area contributed by atoms with E-state index < -0.39 is 21.5 Å². The summed E-state index contributed by atoms with van der Waals surface area (Å²) in [6.07, 6.45) is 0.227. The van der Waals surface area contributed by atoms with Crippen LogP contribution in [0.4, 0.5) is 0 Å². The number of benzene rings is 1. The molecule has 0 saturated carbocycles. The van der Waals surface area contributed by atoms with E-state index in [2.05, 4.69) is 4.72 Å². The molecule has 20 heavy (non-hydrogen) atoms. The molecule has 1 atom stereocenters. The van der Waals surface area contributed by atoms with Crippen LogP contribution in [0.1, 0.15) is 6.42 Å². The fourth-order valence-corrected chi connectivity index (χ4v) is 5.43. The van der Waals surface area contributed by atoms with E-state index >= 15 is 0 Å². The number of carbonyl (C=O) groups is 1. The number of rotatable bonds is 4. The fraction of sp³-hybridized carbons (Fsp3) is 0.364. The Bertz CT molecular complexity index is 642. The second-order valence-corrected chi connectivity index (χ2v) is 7.89. The van der Waals surface area contributed by atoms with Crippen molar-refractivity contribution in [2.24, 2.45) is 0 Å². The highest BCUT2D eigenvalue weighted by Gasteiger charge is 2.45. The van der Waals surface area contributed by atoms with Crippen LogP contribution in [0.2, 0.25) is 10.0 Å². The van der Waals surface area contributed by atoms with Crippen molar-refractivity contribution in [3.8, 4) is 0 Å². The van der Waals surface area contributed by atoms with Crippen molar-refractivity contribution >= 4 is 51.0 Å². The molecule has 1 aliphatic heterocycles. The summed E-state index contributed by atoms with van der Waals surface area (Å²) in [7, 11) is -4.06. The molecule has 1 saturated heterocycles. The molecule has 0 aliphatic carbocycles. The van der Waals surface area contributed by atoms with Crippen molar-refractivity contribution in [3.63, 3.8) is 0 Å². The van der Waals surface area contributed by atoms with Gasteiger partial charge in [-0.25, -0.2) is 8.42 Å². The van der Waals surface area contributed by atoms with Gasteiger partial charge in [-0.15, -0.1) is 0 Å². The summed E-state index contributed by atoms with van der Waals surface area (Å²) in [6.45, 7) is 0. The summed E-state index contributed by atoms with van der Waals surface area (Å²) in [5.41, 5.74) is -1.49. The van der Waals surface area contributed by atoms with E-state index in [1.54, 1.807) is 0 Å². The highest BCUT2D eigenvalue weighted by Crippen LogP contribution is 2.33. The topological polar surface area (TPSA) is 83.5 Å². The maximum Gasteiger partial charge on any atom is 0.325 e. The summed E-state index contributed by atoms with van der Waals surface area (Å²) >= 11 is 13.1. The monoisotopic (exact) mass is 355 g/mol. The molecule has 1 aromatic rings. The van der Waals surface area contributed by atoms with Crippen molar-refractivity contribution in [2.45, 2.75) is 16.9 Å². The molecule has 1 heterocycles. The van der Waals surface area contributed by atoms with E-state index in [1.807, 2.05) is 0 Å². The molecule has 9 heteroatoms. The van der Waals surface area contributed by atoms with Gasteiger partial charge in [0.1, 0.15) is 10.4 Å². The molecule has 1 unspecified atom stereocenters. The molecule has 0 bridgehead atoms. The molecule has 2 N–H and O–H groups in total. The molecule has 0 amide bonds. The molecule has 0 aromatic heterocycles. The molecule has 2 rings (SSSR count). The summed E-state index contributed by atoms with van der Waals surface area (Å²) in [6, 6.07) is 4.19. The third-order valence-corrected chi connectivity index (χ3v) is 6.67. The van der Waals surface area contributed by atoms with Crippen molar-refractivity contribution in [1.29, 1.82) is 0 Å². The first-order valence-electron chi connectivity index (χ1n) is 5.58. The minimum Gasteiger partial charge on any atom is -0.480 e. The standard InChI is InChI=1S/C11H11Cl2NO4S2/c12-7-2-1-3-8(9(7)13)20(17,18)14-11(10(15)16)4-5-19-6-11/h1-3,14H,4-6H2,(H,15,16). The van der Waals surface area contributed by atoms with Gasteiger partial charge in [-0.1, -0.05) is 29.3 Å². The van der Waals surface area contributed by atoms with Crippen molar-refractivity contribution < 1.29 is 18.3 Å². The number of carboxylic acids is 1. The number of hydrogen-bond donors (Lipinski definition) is 2. The fourth-order valence-electron chi connectivity index (χ4n) is 1.86. The zero-order valence-corrected chi connectivity index (χ0v) is 13.2. The average Bonchev–Trinajstić information content (AvgIpc) is 2.81. The number of carboxylic acid groups (broad SMARTS) is 1. The van der Waals surface area contributed by atoms with Gasteiger partial charge < -0.3 is 5.11 Å². The van der Waals surface area contributed by atoms with E-state index in [9.17, 15) is 18.3 Å². The van der Waals surface area contributed by atoms with Crippen LogP contribution in [-0.2, 0) is 14.8 Å². The Kier molecular flexibility index (Phi) is 4.56. The second-order valence-electron chi connectivity index (χ2n) is 4.35. The number of nitrogens with one attached hydrogen (secondary N) is 1. The maximum atomic E-state index is 12.3. The number of aliphatic carboxylic acids is 1. The average molecular weight is 356 g/mol. The molecule has 110 valence electrons. The zero-order valence-electron chi connectivity index (χ0n) is 10.1. The Morgan fingerprint density at radius 1 is 1.40 bits per heavy atom. The SMILES string of the molecule is O=C(O)C1(NS(=O)(=O)c2cccc(Cl)c2Cl)CCSC1. The number of hydrogen-bond acceptors (Lipinski definition) is 4. The van der Waals surface area contributed by atoms with Gasteiger partial charge in [0, 0.05) is 5.75 Å². The van der Waals surface area contributed by atoms with Gasteiger partial charge in [-0.05, 0) is 24.3 Å². The predicted octanol–water partition coefficient (Wildman–Crippen LogP) is 2.23. The zero-order chi connectivity index (χ0) is 15.0. The van der Waals surface area contributed by atoms with Gasteiger partial charge >= 0.3 is 5.97 Å². The molecule has 0 radical (unpaired) electrons. The number of halogens is 2. The van der Waals surface area contributed by atoms with Crippen LogP contribution < -0.4 is 4.72 Å². The van der Waals surface area contributed by atoms with Gasteiger partial charge in [0.2, 0.25) is 10.0 Å². The first-order valence-corrected chi connectivity index (χ1v) is 8.97. The molecule has 1 aliphatic rings. The highest BCUT2D eigenvalue weighted by atomic mass is 35.5. The Morgan fingerprint density at radius 3 is 2.65 bits per heavy atom. The van der Waals surface area contributed by atoms with Crippen LogP contribution in [-0.4, -0.2) is 36.5 Å². The van der Waals surface area contributed by atoms with Crippen molar-refractivity contribution in [3.05, 3.63) is 28.2 Å². The van der Waals surface area contributed by atoms with Crippen LogP contribution in [0.5, 0.6) is 0 Å². The molecule has 1 fully saturated rings. The molecular formula is C11H11Cl2NO4S2. The lowest BCUT2D eigenvalue weighted by Crippen LogP contribution is -2.54.